The Labute approximate surface area is 221 Å². The van der Waals surface area contributed by atoms with Crippen molar-refractivity contribution in [3.05, 3.63) is 130 Å². The van der Waals surface area contributed by atoms with Gasteiger partial charge in [0.1, 0.15) is 0 Å². The van der Waals surface area contributed by atoms with Crippen LogP contribution in [0.25, 0.3) is 0 Å². The molecule has 1 heterocycles. The monoisotopic (exact) mass is 498 g/mol. The first kappa shape index (κ1) is 22.7. The van der Waals surface area contributed by atoms with Crippen LogP contribution in [0.2, 0.25) is 0 Å². The van der Waals surface area contributed by atoms with Crippen molar-refractivity contribution >= 4 is 29.1 Å². The molecular weight excluding hydrogens is 472 g/mol. The molecule has 5 heteroatoms. The number of imide groups is 1. The maximum absolute atomic E-state index is 14.0. The molecule has 1 fully saturated rings. The number of amides is 3. The van der Waals surface area contributed by atoms with E-state index in [1.54, 1.807) is 24.3 Å². The lowest BCUT2D eigenvalue weighted by Gasteiger charge is -2.45. The van der Waals surface area contributed by atoms with Crippen LogP contribution in [-0.4, -0.2) is 17.7 Å². The van der Waals surface area contributed by atoms with E-state index in [2.05, 4.69) is 29.6 Å². The number of carbonyl (C=O) groups is 3. The highest BCUT2D eigenvalue weighted by atomic mass is 16.2. The molecule has 4 aliphatic rings. The van der Waals surface area contributed by atoms with Crippen molar-refractivity contribution in [2.24, 2.45) is 11.8 Å². The van der Waals surface area contributed by atoms with Gasteiger partial charge < -0.3 is 5.32 Å². The summed E-state index contributed by atoms with van der Waals surface area (Å²) in [6, 6.07) is 29.1. The number of anilines is 2. The maximum Gasteiger partial charge on any atom is 0.255 e. The smallest absolute Gasteiger partial charge is 0.255 e. The highest BCUT2D eigenvalue weighted by molar-refractivity contribution is 6.23. The summed E-state index contributed by atoms with van der Waals surface area (Å²) >= 11 is 0. The Morgan fingerprint density at radius 3 is 1.66 bits per heavy atom. The molecule has 0 unspecified atom stereocenters. The first-order chi connectivity index (χ1) is 18.4. The number of aryl methyl sites for hydroxylation is 2. The molecule has 0 aromatic heterocycles. The van der Waals surface area contributed by atoms with E-state index in [-0.39, 0.29) is 29.6 Å². The van der Waals surface area contributed by atoms with Crippen LogP contribution >= 0.6 is 0 Å². The van der Waals surface area contributed by atoms with Gasteiger partial charge in [0, 0.05) is 23.1 Å². The van der Waals surface area contributed by atoms with Crippen LogP contribution in [0.5, 0.6) is 0 Å². The topological polar surface area (TPSA) is 66.5 Å². The summed E-state index contributed by atoms with van der Waals surface area (Å²) in [5.74, 6) is -1.88. The SMILES string of the molecule is Cc1cc(C)cc(NC(=O)c2cccc(N3C(=O)[C@@H]4C5c6ccccc6C(c6ccccc65)[C@H]4C3=O)c2)c1. The number of nitrogens with zero attached hydrogens (tertiary/aromatic N) is 1. The van der Waals surface area contributed by atoms with Crippen LogP contribution in [0.1, 0.15) is 55.6 Å². The number of rotatable bonds is 3. The van der Waals surface area contributed by atoms with E-state index in [1.165, 1.54) is 4.90 Å². The predicted molar refractivity (Wildman–Crippen MR) is 146 cm³/mol. The second-order valence-electron chi connectivity index (χ2n) is 10.7. The number of nitrogens with one attached hydrogen (secondary N) is 1. The molecule has 2 atom stereocenters. The van der Waals surface area contributed by atoms with Crippen molar-refractivity contribution in [2.75, 3.05) is 10.2 Å². The Bertz CT molecular complexity index is 1540. The molecule has 38 heavy (non-hydrogen) atoms. The summed E-state index contributed by atoms with van der Waals surface area (Å²) in [5.41, 5.74) is 8.22. The minimum Gasteiger partial charge on any atom is -0.322 e. The molecule has 5 nitrogen and oxygen atoms in total. The molecule has 186 valence electrons. The average molecular weight is 499 g/mol. The zero-order chi connectivity index (χ0) is 26.1. The molecule has 1 saturated heterocycles. The first-order valence-corrected chi connectivity index (χ1v) is 13.0. The molecule has 0 saturated carbocycles. The lowest BCUT2D eigenvalue weighted by Crippen LogP contribution is -2.41. The van der Waals surface area contributed by atoms with Gasteiger partial charge in [-0.25, -0.2) is 4.90 Å². The fourth-order valence-electron chi connectivity index (χ4n) is 6.97. The van der Waals surface area contributed by atoms with Crippen molar-refractivity contribution in [1.29, 1.82) is 0 Å². The van der Waals surface area contributed by atoms with Gasteiger partial charge in [-0.3, -0.25) is 14.4 Å². The third-order valence-corrected chi connectivity index (χ3v) is 8.29. The summed E-state index contributed by atoms with van der Waals surface area (Å²) in [5, 5.41) is 2.95. The van der Waals surface area contributed by atoms with Crippen LogP contribution in [0.3, 0.4) is 0 Å². The molecule has 8 rings (SSSR count). The Morgan fingerprint density at radius 2 is 1.16 bits per heavy atom. The molecule has 3 amide bonds. The quantitative estimate of drug-likeness (QED) is 0.355. The van der Waals surface area contributed by atoms with Crippen molar-refractivity contribution in [2.45, 2.75) is 25.7 Å². The van der Waals surface area contributed by atoms with Gasteiger partial charge in [-0.2, -0.15) is 0 Å². The Balaban J connectivity index is 1.26. The fraction of sp³-hybridized carbons (Fsp3) is 0.182. The second kappa shape index (κ2) is 8.25. The molecule has 3 aliphatic carbocycles. The van der Waals surface area contributed by atoms with Gasteiger partial charge in [0.15, 0.2) is 0 Å². The fourth-order valence-corrected chi connectivity index (χ4v) is 6.97. The molecule has 1 N–H and O–H groups in total. The van der Waals surface area contributed by atoms with E-state index < -0.39 is 11.8 Å². The van der Waals surface area contributed by atoms with Crippen LogP contribution in [-0.2, 0) is 9.59 Å². The number of benzene rings is 4. The van der Waals surface area contributed by atoms with E-state index in [9.17, 15) is 14.4 Å². The van der Waals surface area contributed by atoms with Gasteiger partial charge in [0.2, 0.25) is 11.8 Å². The van der Waals surface area contributed by atoms with Gasteiger partial charge in [0.05, 0.1) is 17.5 Å². The third kappa shape index (κ3) is 3.21. The Morgan fingerprint density at radius 1 is 0.658 bits per heavy atom. The van der Waals surface area contributed by atoms with Crippen molar-refractivity contribution < 1.29 is 14.4 Å². The van der Waals surface area contributed by atoms with Gasteiger partial charge >= 0.3 is 0 Å². The van der Waals surface area contributed by atoms with E-state index in [0.717, 1.165) is 33.4 Å². The van der Waals surface area contributed by atoms with Crippen LogP contribution in [0, 0.1) is 25.7 Å². The first-order valence-electron chi connectivity index (χ1n) is 13.0. The van der Waals surface area contributed by atoms with Gasteiger partial charge in [-0.05, 0) is 77.6 Å². The molecule has 0 radical (unpaired) electrons. The molecule has 4 aromatic carbocycles. The van der Waals surface area contributed by atoms with Gasteiger partial charge in [-0.1, -0.05) is 60.7 Å². The van der Waals surface area contributed by atoms with Gasteiger partial charge in [-0.15, -0.1) is 0 Å². The van der Waals surface area contributed by atoms with E-state index in [0.29, 0.717) is 16.9 Å². The molecule has 2 bridgehead atoms. The number of hydrogen-bond acceptors (Lipinski definition) is 3. The van der Waals surface area contributed by atoms with Crippen molar-refractivity contribution in [3.8, 4) is 0 Å². The average Bonchev–Trinajstić information content (AvgIpc) is 3.18. The highest BCUT2D eigenvalue weighted by Gasteiger charge is 2.61. The summed E-state index contributed by atoms with van der Waals surface area (Å²) in [4.78, 5) is 42.5. The van der Waals surface area contributed by atoms with Crippen molar-refractivity contribution in [1.82, 2.24) is 0 Å². The van der Waals surface area contributed by atoms with E-state index in [4.69, 9.17) is 0 Å². The normalized spacial score (nSPS) is 22.6. The summed E-state index contributed by atoms with van der Waals surface area (Å²) in [6.07, 6.45) is 0. The molecular formula is C33H26N2O3. The standard InChI is InChI=1S/C33H26N2O3/c1-18-14-19(2)16-21(15-18)34-31(36)20-8-7-9-22(17-20)35-32(37)29-27-23-10-3-4-11-24(23)28(30(29)33(35)38)26-13-6-5-12-25(26)27/h3-17,27-30H,1-2H3,(H,34,36)/t27?,28?,29-,30-/m1/s1. The summed E-state index contributed by atoms with van der Waals surface area (Å²) < 4.78 is 0. The van der Waals surface area contributed by atoms with Crippen LogP contribution in [0.4, 0.5) is 11.4 Å². The lowest BCUT2D eigenvalue weighted by molar-refractivity contribution is -0.122. The second-order valence-corrected chi connectivity index (χ2v) is 10.7. The molecule has 4 aromatic rings. The van der Waals surface area contributed by atoms with Crippen molar-refractivity contribution in [3.63, 3.8) is 0 Å². The zero-order valence-electron chi connectivity index (χ0n) is 21.1. The van der Waals surface area contributed by atoms with Gasteiger partial charge in [0.25, 0.3) is 5.91 Å². The zero-order valence-corrected chi connectivity index (χ0v) is 21.1. The van der Waals surface area contributed by atoms with E-state index in [1.807, 2.05) is 56.3 Å². The van der Waals surface area contributed by atoms with Crippen LogP contribution < -0.4 is 10.2 Å². The Kier molecular flexibility index (Phi) is 4.92. The lowest BCUT2D eigenvalue weighted by atomic mass is 9.55. The van der Waals surface area contributed by atoms with E-state index >= 15 is 0 Å². The highest BCUT2D eigenvalue weighted by Crippen LogP contribution is 2.61. The summed E-state index contributed by atoms with van der Waals surface area (Å²) in [6.45, 7) is 3.97. The Hall–Kier alpha value is -4.51. The maximum atomic E-state index is 14.0. The largest absolute Gasteiger partial charge is 0.322 e. The third-order valence-electron chi connectivity index (χ3n) is 8.29. The van der Waals surface area contributed by atoms with Crippen LogP contribution in [0.15, 0.2) is 91.0 Å². The number of carbonyl (C=O) groups excluding carboxylic acids is 3. The minimum atomic E-state index is -0.454. The molecule has 1 aliphatic heterocycles. The molecule has 0 spiro atoms. The summed E-state index contributed by atoms with van der Waals surface area (Å²) in [7, 11) is 0. The predicted octanol–water partition coefficient (Wildman–Crippen LogP) is 5.95. The number of hydrogen-bond donors (Lipinski definition) is 1. The minimum absolute atomic E-state index is 0.158.